The van der Waals surface area contributed by atoms with Gasteiger partial charge in [-0.2, -0.15) is 0 Å². The van der Waals surface area contributed by atoms with Gasteiger partial charge < -0.3 is 15.5 Å². The van der Waals surface area contributed by atoms with Gasteiger partial charge in [0.25, 0.3) is 5.91 Å². The van der Waals surface area contributed by atoms with Gasteiger partial charge in [0.1, 0.15) is 0 Å². The molecule has 0 saturated carbocycles. The topological polar surface area (TPSA) is 57.3 Å². The lowest BCUT2D eigenvalue weighted by Crippen LogP contribution is -2.18. The van der Waals surface area contributed by atoms with E-state index in [4.69, 9.17) is 11.6 Å². The van der Waals surface area contributed by atoms with Gasteiger partial charge in [-0.1, -0.05) is 23.7 Å². The van der Waals surface area contributed by atoms with Crippen LogP contribution in [0.5, 0.6) is 0 Å². The Hall–Kier alpha value is -1.82. The van der Waals surface area contributed by atoms with Gasteiger partial charge in [0.2, 0.25) is 0 Å². The molecule has 0 atom stereocenters. The van der Waals surface area contributed by atoms with Crippen molar-refractivity contribution >= 4 is 41.4 Å². The highest BCUT2D eigenvalue weighted by molar-refractivity contribution is 6.33. The van der Waals surface area contributed by atoms with Crippen LogP contribution in [0.4, 0.5) is 11.5 Å². The molecule has 1 aromatic heterocycles. The first-order chi connectivity index (χ1) is 11.1. The average molecular weight is 369 g/mol. The molecule has 0 unspecified atom stereocenters. The highest BCUT2D eigenvalue weighted by Gasteiger charge is 2.13. The van der Waals surface area contributed by atoms with Crippen molar-refractivity contribution in [3.8, 4) is 0 Å². The van der Waals surface area contributed by atoms with E-state index in [1.165, 1.54) is 0 Å². The predicted molar refractivity (Wildman–Crippen MR) is 103 cm³/mol. The predicted octanol–water partition coefficient (Wildman–Crippen LogP) is 3.77. The number of pyridine rings is 1. The second-order valence-corrected chi connectivity index (χ2v) is 5.82. The summed E-state index contributed by atoms with van der Waals surface area (Å²) in [6, 6.07) is 10.8. The van der Waals surface area contributed by atoms with E-state index in [1.54, 1.807) is 24.4 Å². The standard InChI is InChI=1S/C17H21ClN4O.ClH/c1-22(2)12-6-11-19-15-9-4-3-7-13(15)17(23)21-16-14(18)8-5-10-20-16;/h3-5,7-10,19H,6,11-12H2,1-2H3,(H,20,21,23);1H. The third kappa shape index (κ3) is 6.00. The molecule has 0 aliphatic rings. The fourth-order valence-corrected chi connectivity index (χ4v) is 2.27. The van der Waals surface area contributed by atoms with E-state index in [1.807, 2.05) is 32.3 Å². The number of anilines is 2. The number of halogens is 2. The first-order valence-electron chi connectivity index (χ1n) is 7.47. The number of nitrogens with zero attached hydrogens (tertiary/aromatic N) is 2. The lowest BCUT2D eigenvalue weighted by atomic mass is 10.1. The van der Waals surface area contributed by atoms with Gasteiger partial charge in [-0.15, -0.1) is 12.4 Å². The van der Waals surface area contributed by atoms with Crippen molar-refractivity contribution in [2.24, 2.45) is 0 Å². The van der Waals surface area contributed by atoms with Gasteiger partial charge in [-0.3, -0.25) is 4.79 Å². The summed E-state index contributed by atoms with van der Waals surface area (Å²) in [7, 11) is 4.08. The molecule has 1 heterocycles. The van der Waals surface area contributed by atoms with E-state index in [2.05, 4.69) is 20.5 Å². The van der Waals surface area contributed by atoms with E-state index in [-0.39, 0.29) is 18.3 Å². The maximum atomic E-state index is 12.5. The number of para-hydroxylation sites is 1. The molecular formula is C17H22Cl2N4O. The molecule has 0 saturated heterocycles. The molecule has 1 amide bonds. The minimum atomic E-state index is -0.235. The normalized spacial score (nSPS) is 10.2. The number of hydrogen-bond donors (Lipinski definition) is 2. The van der Waals surface area contributed by atoms with Crippen molar-refractivity contribution in [1.82, 2.24) is 9.88 Å². The van der Waals surface area contributed by atoms with Crippen LogP contribution < -0.4 is 10.6 Å². The van der Waals surface area contributed by atoms with E-state index in [9.17, 15) is 4.79 Å². The average Bonchev–Trinajstić information content (AvgIpc) is 2.54. The van der Waals surface area contributed by atoms with Crippen LogP contribution in [-0.2, 0) is 0 Å². The molecule has 5 nitrogen and oxygen atoms in total. The SMILES string of the molecule is CN(C)CCCNc1ccccc1C(=O)Nc1ncccc1Cl.Cl. The highest BCUT2D eigenvalue weighted by Crippen LogP contribution is 2.21. The summed E-state index contributed by atoms with van der Waals surface area (Å²) in [4.78, 5) is 18.7. The van der Waals surface area contributed by atoms with Crippen molar-refractivity contribution in [1.29, 1.82) is 0 Å². The molecule has 2 aromatic rings. The van der Waals surface area contributed by atoms with Crippen LogP contribution in [0.15, 0.2) is 42.6 Å². The van der Waals surface area contributed by atoms with Gasteiger partial charge in [0, 0.05) is 18.4 Å². The van der Waals surface area contributed by atoms with Crippen molar-refractivity contribution < 1.29 is 4.79 Å². The monoisotopic (exact) mass is 368 g/mol. The van der Waals surface area contributed by atoms with Crippen LogP contribution in [0.3, 0.4) is 0 Å². The van der Waals surface area contributed by atoms with Gasteiger partial charge in [-0.25, -0.2) is 4.98 Å². The minimum absolute atomic E-state index is 0. The van der Waals surface area contributed by atoms with Gasteiger partial charge in [-0.05, 0) is 51.3 Å². The number of aromatic nitrogens is 1. The van der Waals surface area contributed by atoms with E-state index in [0.717, 1.165) is 25.2 Å². The second kappa shape index (κ2) is 10.1. The van der Waals surface area contributed by atoms with Crippen molar-refractivity contribution in [3.05, 3.63) is 53.2 Å². The Bertz CT molecular complexity index is 665. The van der Waals surface area contributed by atoms with Crippen molar-refractivity contribution in [3.63, 3.8) is 0 Å². The zero-order valence-corrected chi connectivity index (χ0v) is 15.3. The number of rotatable bonds is 7. The molecule has 0 fully saturated rings. The molecular weight excluding hydrogens is 347 g/mol. The summed E-state index contributed by atoms with van der Waals surface area (Å²) in [6.07, 6.45) is 2.59. The van der Waals surface area contributed by atoms with Gasteiger partial charge >= 0.3 is 0 Å². The maximum Gasteiger partial charge on any atom is 0.258 e. The van der Waals surface area contributed by atoms with E-state index in [0.29, 0.717) is 16.4 Å². The van der Waals surface area contributed by atoms with Crippen molar-refractivity contribution in [2.75, 3.05) is 37.8 Å². The van der Waals surface area contributed by atoms with E-state index >= 15 is 0 Å². The van der Waals surface area contributed by atoms with Gasteiger partial charge in [0.15, 0.2) is 5.82 Å². The Morgan fingerprint density at radius 2 is 1.96 bits per heavy atom. The minimum Gasteiger partial charge on any atom is -0.384 e. The molecule has 0 radical (unpaired) electrons. The number of amides is 1. The fraction of sp³-hybridized carbons (Fsp3) is 0.294. The first-order valence-corrected chi connectivity index (χ1v) is 7.85. The summed E-state index contributed by atoms with van der Waals surface area (Å²) in [6.45, 7) is 1.79. The number of hydrogen-bond acceptors (Lipinski definition) is 4. The van der Waals surface area contributed by atoms with Crippen LogP contribution >= 0.6 is 24.0 Å². The molecule has 7 heteroatoms. The van der Waals surface area contributed by atoms with Crippen molar-refractivity contribution in [2.45, 2.75) is 6.42 Å². The third-order valence-electron chi connectivity index (χ3n) is 3.26. The Morgan fingerprint density at radius 1 is 1.21 bits per heavy atom. The van der Waals surface area contributed by atoms with Crippen LogP contribution in [0.2, 0.25) is 5.02 Å². The Kier molecular flexibility index (Phi) is 8.54. The van der Waals surface area contributed by atoms with Crippen LogP contribution in [-0.4, -0.2) is 43.0 Å². The Morgan fingerprint density at radius 3 is 2.67 bits per heavy atom. The van der Waals surface area contributed by atoms with Crippen LogP contribution in [0, 0.1) is 0 Å². The number of carbonyl (C=O) groups is 1. The molecule has 1 aromatic carbocycles. The number of benzene rings is 1. The smallest absolute Gasteiger partial charge is 0.258 e. The molecule has 0 aliphatic carbocycles. The lowest BCUT2D eigenvalue weighted by molar-refractivity contribution is 0.102. The quantitative estimate of drug-likeness (QED) is 0.730. The first kappa shape index (κ1) is 20.2. The third-order valence-corrected chi connectivity index (χ3v) is 3.56. The molecule has 0 spiro atoms. The second-order valence-electron chi connectivity index (χ2n) is 5.42. The lowest BCUT2D eigenvalue weighted by Gasteiger charge is -2.14. The fourth-order valence-electron chi connectivity index (χ4n) is 2.11. The molecule has 2 N–H and O–H groups in total. The van der Waals surface area contributed by atoms with Crippen LogP contribution in [0.25, 0.3) is 0 Å². The highest BCUT2D eigenvalue weighted by atomic mass is 35.5. The zero-order valence-electron chi connectivity index (χ0n) is 13.8. The summed E-state index contributed by atoms with van der Waals surface area (Å²) in [5.74, 6) is 0.128. The number of nitrogens with one attached hydrogen (secondary N) is 2. The van der Waals surface area contributed by atoms with Gasteiger partial charge in [0.05, 0.1) is 10.6 Å². The Balaban J connectivity index is 0.00000288. The number of carbonyl (C=O) groups excluding carboxylic acids is 1. The van der Waals surface area contributed by atoms with E-state index < -0.39 is 0 Å². The zero-order chi connectivity index (χ0) is 16.7. The van der Waals surface area contributed by atoms with Crippen LogP contribution in [0.1, 0.15) is 16.8 Å². The molecule has 2 rings (SSSR count). The maximum absolute atomic E-state index is 12.5. The summed E-state index contributed by atoms with van der Waals surface area (Å²) >= 11 is 6.03. The molecule has 0 bridgehead atoms. The molecule has 24 heavy (non-hydrogen) atoms. The Labute approximate surface area is 153 Å². The molecule has 0 aliphatic heterocycles. The summed E-state index contributed by atoms with van der Waals surface area (Å²) in [5.41, 5.74) is 1.37. The summed E-state index contributed by atoms with van der Waals surface area (Å²) in [5, 5.41) is 6.47. The summed E-state index contributed by atoms with van der Waals surface area (Å²) < 4.78 is 0. The molecule has 130 valence electrons. The largest absolute Gasteiger partial charge is 0.384 e.